The molecule has 0 atom stereocenters. The van der Waals surface area contributed by atoms with E-state index in [1.54, 1.807) is 31.4 Å². The number of nitrogens with one attached hydrogen (secondary N) is 1. The Hall–Kier alpha value is -1.50. The quantitative estimate of drug-likeness (QED) is 0.286. The van der Waals surface area contributed by atoms with Crippen LogP contribution in [0.5, 0.6) is 11.5 Å². The number of ether oxygens (including phenoxy) is 2. The van der Waals surface area contributed by atoms with Crippen molar-refractivity contribution in [3.8, 4) is 11.5 Å². The van der Waals surface area contributed by atoms with Gasteiger partial charge in [0.25, 0.3) is 0 Å². The highest BCUT2D eigenvalue weighted by Gasteiger charge is 2.13. The van der Waals surface area contributed by atoms with Gasteiger partial charge in [0, 0.05) is 22.2 Å². The van der Waals surface area contributed by atoms with Crippen molar-refractivity contribution in [3.63, 3.8) is 0 Å². The van der Waals surface area contributed by atoms with Gasteiger partial charge in [-0.05, 0) is 70.4 Å². The molecule has 0 heterocycles. The molecule has 0 saturated carbocycles. The van der Waals surface area contributed by atoms with Crippen LogP contribution in [0.15, 0.2) is 59.1 Å². The van der Waals surface area contributed by atoms with Gasteiger partial charge in [0.1, 0.15) is 12.4 Å². The van der Waals surface area contributed by atoms with Crippen molar-refractivity contribution in [2.75, 3.05) is 13.7 Å². The molecule has 3 aromatic rings. The van der Waals surface area contributed by atoms with Crippen LogP contribution in [-0.2, 0) is 19.6 Å². The van der Waals surface area contributed by atoms with Crippen molar-refractivity contribution in [3.05, 3.63) is 91.6 Å². The molecular formula is C23H22BrCl3FNO2. The molecule has 3 aromatic carbocycles. The summed E-state index contributed by atoms with van der Waals surface area (Å²) in [6.45, 7) is 1.52. The van der Waals surface area contributed by atoms with Crippen molar-refractivity contribution in [1.29, 1.82) is 0 Å². The van der Waals surface area contributed by atoms with Crippen LogP contribution in [0.4, 0.5) is 4.39 Å². The monoisotopic (exact) mass is 547 g/mol. The highest BCUT2D eigenvalue weighted by atomic mass is 79.9. The third-order valence-corrected chi connectivity index (χ3v) is 5.71. The lowest BCUT2D eigenvalue weighted by atomic mass is 10.1. The second kappa shape index (κ2) is 12.5. The minimum absolute atomic E-state index is 0. The average Bonchev–Trinajstić information content (AvgIpc) is 2.72. The summed E-state index contributed by atoms with van der Waals surface area (Å²) in [4.78, 5) is 0. The van der Waals surface area contributed by atoms with E-state index in [1.807, 2.05) is 24.3 Å². The minimum Gasteiger partial charge on any atom is -0.493 e. The number of hydrogen-bond donors (Lipinski definition) is 1. The van der Waals surface area contributed by atoms with Crippen LogP contribution in [0.3, 0.4) is 0 Å². The van der Waals surface area contributed by atoms with E-state index in [1.165, 1.54) is 6.07 Å². The van der Waals surface area contributed by atoms with E-state index in [4.69, 9.17) is 32.7 Å². The zero-order chi connectivity index (χ0) is 21.5. The first-order valence-corrected chi connectivity index (χ1v) is 10.9. The average molecular weight is 550 g/mol. The van der Waals surface area contributed by atoms with Gasteiger partial charge in [-0.15, -0.1) is 12.4 Å². The maximum absolute atomic E-state index is 13.8. The van der Waals surface area contributed by atoms with Crippen LogP contribution in [0.2, 0.25) is 10.0 Å². The zero-order valence-electron chi connectivity index (χ0n) is 16.8. The van der Waals surface area contributed by atoms with Crippen molar-refractivity contribution < 1.29 is 13.9 Å². The molecule has 0 fully saturated rings. The molecule has 0 aliphatic rings. The first-order valence-electron chi connectivity index (χ1n) is 9.35. The predicted octanol–water partition coefficient (Wildman–Crippen LogP) is 7.24. The number of rotatable bonds is 9. The Kier molecular flexibility index (Phi) is 10.4. The third-order valence-electron chi connectivity index (χ3n) is 4.53. The minimum atomic E-state index is -0.297. The van der Waals surface area contributed by atoms with Crippen LogP contribution in [-0.4, -0.2) is 13.7 Å². The summed E-state index contributed by atoms with van der Waals surface area (Å²) in [5.74, 6) is 0.824. The van der Waals surface area contributed by atoms with E-state index in [0.717, 1.165) is 28.6 Å². The summed E-state index contributed by atoms with van der Waals surface area (Å²) in [6, 6.07) is 15.9. The van der Waals surface area contributed by atoms with Gasteiger partial charge in [-0.25, -0.2) is 4.39 Å². The van der Waals surface area contributed by atoms with Crippen LogP contribution in [0.1, 0.15) is 16.7 Å². The summed E-state index contributed by atoms with van der Waals surface area (Å²) < 4.78 is 25.9. The lowest BCUT2D eigenvalue weighted by molar-refractivity contribution is 0.277. The van der Waals surface area contributed by atoms with Crippen molar-refractivity contribution in [2.45, 2.75) is 19.6 Å². The van der Waals surface area contributed by atoms with Crippen LogP contribution >= 0.6 is 51.5 Å². The van der Waals surface area contributed by atoms with E-state index in [9.17, 15) is 4.39 Å². The summed E-state index contributed by atoms with van der Waals surface area (Å²) >= 11 is 15.7. The lowest BCUT2D eigenvalue weighted by Crippen LogP contribution is -2.17. The normalized spacial score (nSPS) is 10.5. The maximum atomic E-state index is 13.8. The lowest BCUT2D eigenvalue weighted by Gasteiger charge is -2.15. The van der Waals surface area contributed by atoms with E-state index >= 15 is 0 Å². The van der Waals surface area contributed by atoms with Crippen molar-refractivity contribution in [1.82, 2.24) is 5.32 Å². The molecule has 0 unspecified atom stereocenters. The molecule has 3 nitrogen and oxygen atoms in total. The highest BCUT2D eigenvalue weighted by molar-refractivity contribution is 9.10. The topological polar surface area (TPSA) is 30.5 Å². The van der Waals surface area contributed by atoms with Gasteiger partial charge >= 0.3 is 0 Å². The first kappa shape index (κ1) is 25.8. The predicted molar refractivity (Wildman–Crippen MR) is 131 cm³/mol. The van der Waals surface area contributed by atoms with Gasteiger partial charge in [0.2, 0.25) is 0 Å². The number of benzene rings is 3. The Balaban J connectivity index is 0.00000341. The number of methoxy groups -OCH3 is 1. The molecule has 0 saturated heterocycles. The van der Waals surface area contributed by atoms with Crippen LogP contribution < -0.4 is 14.8 Å². The molecule has 0 radical (unpaired) electrons. The standard InChI is InChI=1S/C23H21BrCl2FNO2.ClH/c1-29-22-11-15(13-28-9-8-16-6-7-18(25)12-20(16)26)10-19(24)23(22)30-14-17-4-2-3-5-21(17)27;/h2-7,10-12,28H,8-9,13-14H2,1H3;1H. The third kappa shape index (κ3) is 7.26. The van der Waals surface area contributed by atoms with E-state index in [0.29, 0.717) is 33.7 Å². The molecule has 31 heavy (non-hydrogen) atoms. The Morgan fingerprint density at radius 1 is 1.03 bits per heavy atom. The molecule has 1 N–H and O–H groups in total. The molecule has 166 valence electrons. The molecule has 0 aliphatic carbocycles. The molecular weight excluding hydrogens is 528 g/mol. The second-order valence-corrected chi connectivity index (χ2v) is 8.35. The Labute approximate surface area is 206 Å². The Morgan fingerprint density at radius 3 is 2.52 bits per heavy atom. The van der Waals surface area contributed by atoms with Crippen LogP contribution in [0.25, 0.3) is 0 Å². The van der Waals surface area contributed by atoms with Gasteiger partial charge in [0.05, 0.1) is 11.6 Å². The first-order chi connectivity index (χ1) is 14.5. The van der Waals surface area contributed by atoms with E-state index in [2.05, 4.69) is 21.2 Å². The summed E-state index contributed by atoms with van der Waals surface area (Å²) in [5, 5.41) is 4.70. The molecule has 0 bridgehead atoms. The smallest absolute Gasteiger partial charge is 0.175 e. The Morgan fingerprint density at radius 2 is 1.81 bits per heavy atom. The molecule has 0 amide bonds. The highest BCUT2D eigenvalue weighted by Crippen LogP contribution is 2.37. The van der Waals surface area contributed by atoms with Crippen LogP contribution in [0, 0.1) is 5.82 Å². The van der Waals surface area contributed by atoms with E-state index in [-0.39, 0.29) is 24.8 Å². The van der Waals surface area contributed by atoms with Crippen molar-refractivity contribution >= 4 is 51.5 Å². The molecule has 0 aliphatic heterocycles. The molecule has 3 rings (SSSR count). The molecule has 0 spiro atoms. The zero-order valence-corrected chi connectivity index (χ0v) is 20.7. The van der Waals surface area contributed by atoms with Crippen molar-refractivity contribution in [2.24, 2.45) is 0 Å². The second-order valence-electron chi connectivity index (χ2n) is 6.65. The summed E-state index contributed by atoms with van der Waals surface area (Å²) in [7, 11) is 1.58. The summed E-state index contributed by atoms with van der Waals surface area (Å²) in [5.41, 5.74) is 2.56. The number of hydrogen-bond acceptors (Lipinski definition) is 3. The van der Waals surface area contributed by atoms with Gasteiger partial charge < -0.3 is 14.8 Å². The fourth-order valence-corrected chi connectivity index (χ4v) is 4.07. The van der Waals surface area contributed by atoms with Gasteiger partial charge in [-0.1, -0.05) is 47.5 Å². The fourth-order valence-electron chi connectivity index (χ4n) is 2.96. The van der Waals surface area contributed by atoms with Gasteiger partial charge in [-0.2, -0.15) is 0 Å². The Bertz CT molecular complexity index is 1020. The largest absolute Gasteiger partial charge is 0.493 e. The van der Waals surface area contributed by atoms with E-state index < -0.39 is 0 Å². The summed E-state index contributed by atoms with van der Waals surface area (Å²) in [6.07, 6.45) is 0.790. The van der Waals surface area contributed by atoms with Gasteiger partial charge in [-0.3, -0.25) is 0 Å². The molecule has 0 aromatic heterocycles. The fraction of sp³-hybridized carbons (Fsp3) is 0.217. The number of halogens is 5. The maximum Gasteiger partial charge on any atom is 0.175 e. The SMILES string of the molecule is COc1cc(CNCCc2ccc(Cl)cc2Cl)cc(Br)c1OCc1ccccc1F.Cl. The molecule has 8 heteroatoms. The van der Waals surface area contributed by atoms with Gasteiger partial charge in [0.15, 0.2) is 11.5 Å².